The molecule has 1 aliphatic rings. The predicted molar refractivity (Wildman–Crippen MR) is 94.1 cm³/mol. The van der Waals surface area contributed by atoms with Crippen molar-refractivity contribution in [2.24, 2.45) is 0 Å². The largest absolute Gasteiger partial charge is 0.504 e. The zero-order chi connectivity index (χ0) is 18.9. The molecule has 1 saturated carbocycles. The van der Waals surface area contributed by atoms with Crippen LogP contribution in [0.3, 0.4) is 0 Å². The summed E-state index contributed by atoms with van der Waals surface area (Å²) in [6, 6.07) is 5.08. The quantitative estimate of drug-likeness (QED) is 0.442. The normalized spacial score (nSPS) is 13.9. The average molecular weight is 379 g/mol. The van der Waals surface area contributed by atoms with Gasteiger partial charge in [-0.3, -0.25) is 9.52 Å². The third-order valence-corrected chi connectivity index (χ3v) is 5.62. The summed E-state index contributed by atoms with van der Waals surface area (Å²) in [6.45, 7) is 0. The molecule has 0 radical (unpaired) electrons. The van der Waals surface area contributed by atoms with Crippen molar-refractivity contribution in [1.82, 2.24) is 4.98 Å². The van der Waals surface area contributed by atoms with Gasteiger partial charge in [-0.1, -0.05) is 0 Å². The van der Waals surface area contributed by atoms with Crippen molar-refractivity contribution in [3.05, 3.63) is 36.0 Å². The van der Waals surface area contributed by atoms with Crippen LogP contribution in [0, 0.1) is 0 Å². The first-order valence-corrected chi connectivity index (χ1v) is 9.24. The maximum Gasteiger partial charge on any atom is 0.259 e. The van der Waals surface area contributed by atoms with Crippen molar-refractivity contribution in [2.45, 2.75) is 18.1 Å². The standard InChI is InChI=1S/C16H17N3O6S/c1-25-14-8-17-15(19-26(23,24)10-3-4-10)7-11(14)16(22)18-9-2-5-12(20)13(21)6-9/h2,5-8,10,20-21H,3-4H2,1H3,(H,17,19)(H,18,22). The molecule has 0 aliphatic heterocycles. The number of aromatic hydroxyl groups is 2. The summed E-state index contributed by atoms with van der Waals surface area (Å²) in [7, 11) is -2.16. The van der Waals surface area contributed by atoms with Gasteiger partial charge in [0.1, 0.15) is 11.6 Å². The van der Waals surface area contributed by atoms with Gasteiger partial charge in [-0.05, 0) is 31.0 Å². The van der Waals surface area contributed by atoms with Gasteiger partial charge in [0, 0.05) is 11.8 Å². The zero-order valence-electron chi connectivity index (χ0n) is 13.8. The summed E-state index contributed by atoms with van der Waals surface area (Å²) in [5.41, 5.74) is 0.299. The monoisotopic (exact) mass is 379 g/mol. The number of sulfonamides is 1. The van der Waals surface area contributed by atoms with Crippen LogP contribution in [0.4, 0.5) is 11.5 Å². The van der Waals surface area contributed by atoms with Crippen LogP contribution in [0.1, 0.15) is 23.2 Å². The molecule has 1 aliphatic carbocycles. The van der Waals surface area contributed by atoms with Gasteiger partial charge in [-0.2, -0.15) is 0 Å². The van der Waals surface area contributed by atoms with Crippen molar-refractivity contribution in [2.75, 3.05) is 17.1 Å². The summed E-state index contributed by atoms with van der Waals surface area (Å²) < 4.78 is 31.5. The number of phenols is 2. The van der Waals surface area contributed by atoms with Crippen molar-refractivity contribution >= 4 is 27.4 Å². The Kier molecular flexibility index (Phi) is 4.60. The Morgan fingerprint density at radius 1 is 1.23 bits per heavy atom. The number of benzene rings is 1. The van der Waals surface area contributed by atoms with Crippen LogP contribution < -0.4 is 14.8 Å². The number of carbonyl (C=O) groups excluding carboxylic acids is 1. The highest BCUT2D eigenvalue weighted by Crippen LogP contribution is 2.31. The molecule has 0 unspecified atom stereocenters. The lowest BCUT2D eigenvalue weighted by atomic mass is 10.2. The van der Waals surface area contributed by atoms with E-state index in [2.05, 4.69) is 15.0 Å². The summed E-state index contributed by atoms with van der Waals surface area (Å²) in [4.78, 5) is 16.5. The van der Waals surface area contributed by atoms with Crippen LogP contribution in [-0.2, 0) is 10.0 Å². The number of pyridine rings is 1. The molecular weight excluding hydrogens is 362 g/mol. The van der Waals surface area contributed by atoms with E-state index in [1.165, 1.54) is 37.6 Å². The minimum Gasteiger partial charge on any atom is -0.504 e. The fourth-order valence-electron chi connectivity index (χ4n) is 2.25. The molecule has 1 fully saturated rings. The smallest absolute Gasteiger partial charge is 0.259 e. The molecule has 1 aromatic carbocycles. The van der Waals surface area contributed by atoms with Gasteiger partial charge in [0.15, 0.2) is 11.5 Å². The number of aromatic nitrogens is 1. The van der Waals surface area contributed by atoms with Crippen LogP contribution in [0.25, 0.3) is 0 Å². The van der Waals surface area contributed by atoms with Crippen LogP contribution in [-0.4, -0.2) is 41.9 Å². The number of rotatable bonds is 6. The maximum absolute atomic E-state index is 12.5. The summed E-state index contributed by atoms with van der Waals surface area (Å²) in [6.07, 6.45) is 2.44. The molecule has 26 heavy (non-hydrogen) atoms. The highest BCUT2D eigenvalue weighted by Gasteiger charge is 2.36. The maximum atomic E-state index is 12.5. The number of ether oxygens (including phenoxy) is 1. The molecule has 1 amide bonds. The Bertz CT molecular complexity index is 956. The number of anilines is 2. The highest BCUT2D eigenvalue weighted by atomic mass is 32.2. The van der Waals surface area contributed by atoms with E-state index in [0.29, 0.717) is 12.8 Å². The van der Waals surface area contributed by atoms with Gasteiger partial charge in [-0.15, -0.1) is 0 Å². The number of methoxy groups -OCH3 is 1. The van der Waals surface area contributed by atoms with Crippen molar-refractivity contribution < 1.29 is 28.2 Å². The SMILES string of the molecule is COc1cnc(NS(=O)(=O)C2CC2)cc1C(=O)Nc1ccc(O)c(O)c1. The second-order valence-electron chi connectivity index (χ2n) is 5.77. The lowest BCUT2D eigenvalue weighted by Gasteiger charge is -2.12. The molecular formula is C16H17N3O6S. The number of phenolic OH excluding ortho intramolecular Hbond substituents is 2. The van der Waals surface area contributed by atoms with Crippen LogP contribution in [0.5, 0.6) is 17.2 Å². The molecule has 0 saturated heterocycles. The number of nitrogens with zero attached hydrogens (tertiary/aromatic N) is 1. The van der Waals surface area contributed by atoms with Gasteiger partial charge in [-0.25, -0.2) is 13.4 Å². The summed E-state index contributed by atoms with van der Waals surface area (Å²) in [5, 5.41) is 20.9. The van der Waals surface area contributed by atoms with E-state index in [-0.39, 0.29) is 34.3 Å². The topological polar surface area (TPSA) is 138 Å². The number of hydrogen-bond donors (Lipinski definition) is 4. The van der Waals surface area contributed by atoms with E-state index in [9.17, 15) is 23.4 Å². The van der Waals surface area contributed by atoms with Gasteiger partial charge >= 0.3 is 0 Å². The Balaban J connectivity index is 1.85. The molecule has 2 aromatic rings. The Hall–Kier alpha value is -3.01. The van der Waals surface area contributed by atoms with E-state index in [4.69, 9.17) is 4.74 Å². The van der Waals surface area contributed by atoms with Gasteiger partial charge in [0.25, 0.3) is 5.91 Å². The molecule has 0 atom stereocenters. The average Bonchev–Trinajstić information content (AvgIpc) is 3.43. The lowest BCUT2D eigenvalue weighted by Crippen LogP contribution is -2.19. The van der Waals surface area contributed by atoms with Crippen molar-refractivity contribution in [1.29, 1.82) is 0 Å². The molecule has 1 heterocycles. The number of amides is 1. The van der Waals surface area contributed by atoms with Crippen LogP contribution in [0.15, 0.2) is 30.5 Å². The summed E-state index contributed by atoms with van der Waals surface area (Å²) >= 11 is 0. The van der Waals surface area contributed by atoms with Gasteiger partial charge < -0.3 is 20.3 Å². The fourth-order valence-corrected chi connectivity index (χ4v) is 3.57. The first-order valence-electron chi connectivity index (χ1n) is 7.69. The highest BCUT2D eigenvalue weighted by molar-refractivity contribution is 7.93. The van der Waals surface area contributed by atoms with Crippen molar-refractivity contribution in [3.8, 4) is 17.2 Å². The van der Waals surface area contributed by atoms with E-state index in [0.717, 1.165) is 0 Å². The Morgan fingerprint density at radius 2 is 1.96 bits per heavy atom. The molecule has 0 bridgehead atoms. The first kappa shape index (κ1) is 17.8. The number of hydrogen-bond acceptors (Lipinski definition) is 7. The van der Waals surface area contributed by atoms with E-state index in [1.807, 2.05) is 0 Å². The van der Waals surface area contributed by atoms with E-state index < -0.39 is 21.2 Å². The predicted octanol–water partition coefficient (Wildman–Crippen LogP) is 1.66. The Morgan fingerprint density at radius 3 is 2.58 bits per heavy atom. The van der Waals surface area contributed by atoms with E-state index in [1.54, 1.807) is 0 Å². The first-order chi connectivity index (χ1) is 12.3. The van der Waals surface area contributed by atoms with Gasteiger partial charge in [0.05, 0.1) is 24.1 Å². The third-order valence-electron chi connectivity index (χ3n) is 3.78. The van der Waals surface area contributed by atoms with Gasteiger partial charge in [0.2, 0.25) is 10.0 Å². The third kappa shape index (κ3) is 3.80. The van der Waals surface area contributed by atoms with Crippen molar-refractivity contribution in [3.63, 3.8) is 0 Å². The van der Waals surface area contributed by atoms with E-state index >= 15 is 0 Å². The second-order valence-corrected chi connectivity index (χ2v) is 7.73. The second kappa shape index (κ2) is 6.71. The minimum absolute atomic E-state index is 0.0106. The minimum atomic E-state index is -3.52. The number of nitrogens with one attached hydrogen (secondary N) is 2. The lowest BCUT2D eigenvalue weighted by molar-refractivity contribution is 0.102. The Labute approximate surface area is 149 Å². The number of carbonyl (C=O) groups is 1. The van der Waals surface area contributed by atoms with Crippen LogP contribution >= 0.6 is 0 Å². The molecule has 1 aromatic heterocycles. The summed E-state index contributed by atoms with van der Waals surface area (Å²) in [5.74, 6) is -1.14. The molecule has 0 spiro atoms. The zero-order valence-corrected chi connectivity index (χ0v) is 14.6. The molecule has 3 rings (SSSR count). The molecule has 9 nitrogen and oxygen atoms in total. The van der Waals surface area contributed by atoms with Crippen LogP contribution in [0.2, 0.25) is 0 Å². The molecule has 4 N–H and O–H groups in total. The molecule has 10 heteroatoms. The molecule has 138 valence electrons. The fraction of sp³-hybridized carbons (Fsp3) is 0.250.